The second kappa shape index (κ2) is 8.42. The Kier molecular flexibility index (Phi) is 5.84. The number of hydrogen-bond acceptors (Lipinski definition) is 5. The minimum absolute atomic E-state index is 0.0713. The predicted octanol–water partition coefficient (Wildman–Crippen LogP) is 5.52. The Morgan fingerprint density at radius 2 is 1.68 bits per heavy atom. The van der Waals surface area contributed by atoms with E-state index in [2.05, 4.69) is 37.9 Å². The largest absolute Gasteiger partial charge is 0.435 e. The van der Waals surface area contributed by atoms with Crippen molar-refractivity contribution >= 4 is 23.4 Å². The fourth-order valence-electron chi connectivity index (χ4n) is 3.53. The van der Waals surface area contributed by atoms with Crippen molar-refractivity contribution in [3.8, 4) is 22.8 Å². The molecule has 1 aromatic heterocycles. The highest BCUT2D eigenvalue weighted by atomic mass is 32.2. The number of nitrogens with zero attached hydrogens (tertiary/aromatic N) is 3. The highest BCUT2D eigenvalue weighted by Crippen LogP contribution is 2.33. The van der Waals surface area contributed by atoms with Crippen molar-refractivity contribution in [1.82, 2.24) is 9.88 Å². The average molecular weight is 436 g/mol. The van der Waals surface area contributed by atoms with Gasteiger partial charge in [-0.05, 0) is 47.4 Å². The Bertz CT molecular complexity index is 1060. The predicted molar refractivity (Wildman–Crippen MR) is 129 cm³/mol. The van der Waals surface area contributed by atoms with Gasteiger partial charge in [-0.25, -0.2) is 4.98 Å². The van der Waals surface area contributed by atoms with Crippen LogP contribution in [0.5, 0.6) is 0 Å². The van der Waals surface area contributed by atoms with E-state index in [0.717, 1.165) is 29.1 Å². The molecule has 4 rings (SSSR count). The van der Waals surface area contributed by atoms with Crippen molar-refractivity contribution in [2.45, 2.75) is 26.2 Å². The van der Waals surface area contributed by atoms with Crippen molar-refractivity contribution in [2.24, 2.45) is 0 Å². The number of amides is 1. The first-order valence-electron chi connectivity index (χ1n) is 10.5. The Labute approximate surface area is 188 Å². The number of carbonyl (C=O) groups excluding carboxylic acids is 1. The van der Waals surface area contributed by atoms with Gasteiger partial charge < -0.3 is 14.2 Å². The quantitative estimate of drug-likeness (QED) is 0.540. The summed E-state index contributed by atoms with van der Waals surface area (Å²) in [4.78, 5) is 21.8. The second-order valence-electron chi connectivity index (χ2n) is 9.07. The van der Waals surface area contributed by atoms with Gasteiger partial charge in [-0.1, -0.05) is 32.9 Å². The molecule has 0 N–H and O–H groups in total. The molecule has 3 aromatic rings. The lowest BCUT2D eigenvalue weighted by Gasteiger charge is -2.18. The zero-order valence-electron chi connectivity index (χ0n) is 18.8. The summed E-state index contributed by atoms with van der Waals surface area (Å²) in [6.45, 7) is 7.30. The number of rotatable bonds is 4. The van der Waals surface area contributed by atoms with Crippen LogP contribution in [0.4, 0.5) is 5.69 Å². The molecule has 2 heterocycles. The monoisotopic (exact) mass is 435 g/mol. The fourth-order valence-corrected chi connectivity index (χ4v) is 4.48. The molecule has 0 unspecified atom stereocenters. The van der Waals surface area contributed by atoms with E-state index in [-0.39, 0.29) is 11.3 Å². The molecule has 1 aliphatic heterocycles. The highest BCUT2D eigenvalue weighted by molar-refractivity contribution is 7.99. The maximum Gasteiger partial charge on any atom is 0.277 e. The topological polar surface area (TPSA) is 49.6 Å². The van der Waals surface area contributed by atoms with Crippen LogP contribution in [-0.2, 0) is 5.41 Å². The zero-order valence-corrected chi connectivity index (χ0v) is 19.6. The van der Waals surface area contributed by atoms with Crippen LogP contribution in [0.1, 0.15) is 36.8 Å². The van der Waals surface area contributed by atoms with Crippen LogP contribution < -0.4 is 4.90 Å². The van der Waals surface area contributed by atoms with Gasteiger partial charge in [0.25, 0.3) is 5.91 Å². The van der Waals surface area contributed by atoms with E-state index in [9.17, 15) is 4.79 Å². The summed E-state index contributed by atoms with van der Waals surface area (Å²) in [5.74, 6) is 2.58. The molecule has 5 nitrogen and oxygen atoms in total. The number of anilines is 1. The van der Waals surface area contributed by atoms with E-state index in [0.29, 0.717) is 23.2 Å². The zero-order chi connectivity index (χ0) is 22.2. The van der Waals surface area contributed by atoms with Crippen LogP contribution in [-0.4, -0.2) is 48.1 Å². The van der Waals surface area contributed by atoms with Gasteiger partial charge >= 0.3 is 0 Å². The van der Waals surface area contributed by atoms with Gasteiger partial charge in [0.1, 0.15) is 0 Å². The number of thioether (sulfide) groups is 1. The van der Waals surface area contributed by atoms with Crippen molar-refractivity contribution in [2.75, 3.05) is 37.2 Å². The first-order chi connectivity index (χ1) is 14.7. The lowest BCUT2D eigenvalue weighted by molar-refractivity contribution is 0.0798. The smallest absolute Gasteiger partial charge is 0.277 e. The molecular weight excluding hydrogens is 406 g/mol. The van der Waals surface area contributed by atoms with Crippen LogP contribution in [0, 0.1) is 0 Å². The normalized spacial score (nSPS) is 14.2. The maximum absolute atomic E-state index is 13.2. The summed E-state index contributed by atoms with van der Waals surface area (Å²) in [6.07, 6.45) is 0. The number of hydrogen-bond donors (Lipinski definition) is 0. The molecule has 1 amide bonds. The van der Waals surface area contributed by atoms with Crippen LogP contribution in [0.15, 0.2) is 52.9 Å². The van der Waals surface area contributed by atoms with Crippen LogP contribution in [0.3, 0.4) is 0 Å². The van der Waals surface area contributed by atoms with E-state index in [1.165, 1.54) is 5.56 Å². The summed E-state index contributed by atoms with van der Waals surface area (Å²) in [7, 11) is 4.01. The van der Waals surface area contributed by atoms with Gasteiger partial charge in [0.2, 0.25) is 5.89 Å². The third kappa shape index (κ3) is 4.49. The second-order valence-corrected chi connectivity index (χ2v) is 10.1. The summed E-state index contributed by atoms with van der Waals surface area (Å²) in [5.41, 5.74) is 4.51. The van der Waals surface area contributed by atoms with Gasteiger partial charge in [0.05, 0.1) is 5.88 Å². The molecular formula is C25H29N3O2S. The molecule has 1 fully saturated rings. The van der Waals surface area contributed by atoms with Gasteiger partial charge in [0.15, 0.2) is 11.5 Å². The number of aromatic nitrogens is 1. The Hall–Kier alpha value is -2.73. The molecule has 0 saturated carbocycles. The highest BCUT2D eigenvalue weighted by Gasteiger charge is 2.28. The Morgan fingerprint density at radius 1 is 1.03 bits per heavy atom. The lowest BCUT2D eigenvalue weighted by Crippen LogP contribution is -2.28. The van der Waals surface area contributed by atoms with Crippen LogP contribution in [0.2, 0.25) is 0 Å². The van der Waals surface area contributed by atoms with E-state index < -0.39 is 0 Å². The maximum atomic E-state index is 13.2. The molecule has 1 aliphatic rings. The van der Waals surface area contributed by atoms with Gasteiger partial charge in [-0.2, -0.15) is 0 Å². The molecule has 0 spiro atoms. The summed E-state index contributed by atoms with van der Waals surface area (Å²) in [5, 5.41) is 0. The molecule has 1 saturated heterocycles. The third-order valence-electron chi connectivity index (χ3n) is 5.51. The van der Waals surface area contributed by atoms with Crippen LogP contribution in [0.25, 0.3) is 22.8 Å². The minimum atomic E-state index is -0.0713. The van der Waals surface area contributed by atoms with Crippen LogP contribution >= 0.6 is 11.8 Å². The molecule has 0 atom stereocenters. The fraction of sp³-hybridized carbons (Fsp3) is 0.360. The molecule has 2 aromatic carbocycles. The SMILES string of the molecule is CN(C)c1ccc(-c2oc(-c3ccc(C(C)(C)C)cc3)nc2C(=O)N2CCSC2)cc1. The Balaban J connectivity index is 1.75. The van der Waals surface area contributed by atoms with Gasteiger partial charge in [-0.15, -0.1) is 11.8 Å². The van der Waals surface area contributed by atoms with E-state index >= 15 is 0 Å². The van der Waals surface area contributed by atoms with Crippen molar-refractivity contribution in [3.05, 3.63) is 59.8 Å². The van der Waals surface area contributed by atoms with E-state index in [1.54, 1.807) is 11.8 Å². The van der Waals surface area contributed by atoms with E-state index in [1.807, 2.05) is 60.3 Å². The standard InChI is InChI=1S/C25H29N3O2S/c1-25(2,3)19-10-6-18(7-11-19)23-26-21(24(29)28-14-15-31-16-28)22(30-23)17-8-12-20(13-9-17)27(4)5/h6-13H,14-16H2,1-5H3. The summed E-state index contributed by atoms with van der Waals surface area (Å²) < 4.78 is 6.21. The summed E-state index contributed by atoms with van der Waals surface area (Å²) >= 11 is 1.76. The summed E-state index contributed by atoms with van der Waals surface area (Å²) in [6, 6.07) is 16.3. The Morgan fingerprint density at radius 3 is 2.23 bits per heavy atom. The van der Waals surface area contributed by atoms with Gasteiger partial charge in [0, 0.05) is 43.2 Å². The average Bonchev–Trinajstić information content (AvgIpc) is 3.43. The number of oxazole rings is 1. The first kappa shape index (κ1) is 21.5. The minimum Gasteiger partial charge on any atom is -0.435 e. The first-order valence-corrected chi connectivity index (χ1v) is 11.7. The number of benzene rings is 2. The lowest BCUT2D eigenvalue weighted by atomic mass is 9.87. The molecule has 0 radical (unpaired) electrons. The molecule has 0 bridgehead atoms. The van der Waals surface area contributed by atoms with Crippen molar-refractivity contribution in [1.29, 1.82) is 0 Å². The number of carbonyl (C=O) groups is 1. The molecule has 162 valence electrons. The van der Waals surface area contributed by atoms with Crippen molar-refractivity contribution in [3.63, 3.8) is 0 Å². The molecule has 6 heteroatoms. The van der Waals surface area contributed by atoms with Crippen molar-refractivity contribution < 1.29 is 9.21 Å². The third-order valence-corrected chi connectivity index (χ3v) is 6.48. The molecule has 31 heavy (non-hydrogen) atoms. The van der Waals surface area contributed by atoms with Gasteiger partial charge in [-0.3, -0.25) is 4.79 Å². The van der Waals surface area contributed by atoms with E-state index in [4.69, 9.17) is 4.42 Å². The molecule has 0 aliphatic carbocycles.